The molecule has 2 aliphatic heterocycles. The van der Waals surface area contributed by atoms with Gasteiger partial charge >= 0.3 is 0 Å². The molecule has 2 aliphatic rings. The third kappa shape index (κ3) is 4.01. The van der Waals surface area contributed by atoms with E-state index in [0.717, 1.165) is 64.6 Å². The Hall–Kier alpha value is -2.23. The summed E-state index contributed by atoms with van der Waals surface area (Å²) in [4.78, 5) is 8.92. The normalized spacial score (nSPS) is 20.5. The molecule has 2 saturated heterocycles. The van der Waals surface area contributed by atoms with Crippen molar-refractivity contribution >= 4 is 49.2 Å². The summed E-state index contributed by atoms with van der Waals surface area (Å²) in [5.74, 6) is 2.10. The fourth-order valence-electron chi connectivity index (χ4n) is 3.93. The largest absolute Gasteiger partial charge is 0.477 e. The maximum absolute atomic E-state index is 12.8. The zero-order valence-electron chi connectivity index (χ0n) is 16.8. The molecule has 30 heavy (non-hydrogen) atoms. The van der Waals surface area contributed by atoms with Crippen molar-refractivity contribution in [2.75, 3.05) is 30.0 Å². The molecule has 7 nitrogen and oxygen atoms in total. The van der Waals surface area contributed by atoms with Crippen LogP contribution in [0.25, 0.3) is 10.9 Å². The van der Waals surface area contributed by atoms with E-state index in [-0.39, 0.29) is 6.10 Å². The van der Waals surface area contributed by atoms with Crippen LogP contribution in [0.1, 0.15) is 24.8 Å². The van der Waals surface area contributed by atoms with Crippen LogP contribution in [0.15, 0.2) is 34.3 Å². The molecule has 3 aromatic rings. The number of nitrogens with one attached hydrogen (secondary N) is 1. The maximum Gasteiger partial charge on any atom is 0.198 e. The highest BCUT2D eigenvalue weighted by atomic mass is 32.2. The predicted molar refractivity (Wildman–Crippen MR) is 121 cm³/mol. The van der Waals surface area contributed by atoms with Gasteiger partial charge in [-0.25, -0.2) is 14.2 Å². The van der Waals surface area contributed by atoms with Gasteiger partial charge in [0.1, 0.15) is 18.2 Å². The number of benzene rings is 1. The van der Waals surface area contributed by atoms with Gasteiger partial charge in [0.05, 0.1) is 39.8 Å². The SMILES string of the molecule is Cc1cc(N=S2(=O)CCCC2)cc2ncnc(Nc3ccsc3O[C@@H]3CCOC3)c12. The van der Waals surface area contributed by atoms with Gasteiger partial charge in [-0.15, -0.1) is 11.3 Å². The second kappa shape index (κ2) is 8.13. The first-order chi connectivity index (χ1) is 14.6. The summed E-state index contributed by atoms with van der Waals surface area (Å²) in [5.41, 5.74) is 3.40. The molecule has 1 atom stereocenters. The van der Waals surface area contributed by atoms with Crippen LogP contribution in [0.3, 0.4) is 0 Å². The third-order valence-electron chi connectivity index (χ3n) is 5.41. The minimum absolute atomic E-state index is 0.0924. The molecule has 0 aliphatic carbocycles. The number of rotatable bonds is 5. The number of hydrogen-bond donors (Lipinski definition) is 1. The molecule has 158 valence electrons. The van der Waals surface area contributed by atoms with Gasteiger partial charge in [-0.2, -0.15) is 4.36 Å². The van der Waals surface area contributed by atoms with E-state index < -0.39 is 9.73 Å². The molecule has 0 bridgehead atoms. The fourth-order valence-corrected chi connectivity index (χ4v) is 6.88. The Bertz CT molecular complexity index is 1180. The Morgan fingerprint density at radius 2 is 2.17 bits per heavy atom. The van der Waals surface area contributed by atoms with Crippen LogP contribution < -0.4 is 10.1 Å². The molecular formula is C21H24N4O3S2. The monoisotopic (exact) mass is 444 g/mol. The zero-order chi connectivity index (χ0) is 20.6. The van der Waals surface area contributed by atoms with Crippen molar-refractivity contribution in [2.24, 2.45) is 4.36 Å². The smallest absolute Gasteiger partial charge is 0.198 e. The molecule has 0 amide bonds. The van der Waals surface area contributed by atoms with Gasteiger partial charge in [-0.1, -0.05) is 0 Å². The van der Waals surface area contributed by atoms with Crippen LogP contribution in [0.4, 0.5) is 17.2 Å². The van der Waals surface area contributed by atoms with Crippen molar-refractivity contribution in [3.63, 3.8) is 0 Å². The van der Waals surface area contributed by atoms with Crippen molar-refractivity contribution in [3.05, 3.63) is 35.5 Å². The summed E-state index contributed by atoms with van der Waals surface area (Å²) in [5, 5.41) is 7.18. The Kier molecular flexibility index (Phi) is 5.34. The van der Waals surface area contributed by atoms with E-state index in [1.165, 1.54) is 0 Å². The van der Waals surface area contributed by atoms with Gasteiger partial charge < -0.3 is 14.8 Å². The van der Waals surface area contributed by atoms with Crippen molar-refractivity contribution in [3.8, 4) is 5.06 Å². The lowest BCUT2D eigenvalue weighted by molar-refractivity contribution is 0.144. The first kappa shape index (κ1) is 19.7. The lowest BCUT2D eigenvalue weighted by atomic mass is 10.1. The van der Waals surface area contributed by atoms with E-state index in [2.05, 4.69) is 19.6 Å². The van der Waals surface area contributed by atoms with Crippen molar-refractivity contribution in [2.45, 2.75) is 32.3 Å². The van der Waals surface area contributed by atoms with Gasteiger partial charge in [-0.3, -0.25) is 0 Å². The Labute approximate surface area is 180 Å². The predicted octanol–water partition coefficient (Wildman–Crippen LogP) is 4.80. The number of ether oxygens (including phenoxy) is 2. The molecule has 1 aromatic carbocycles. The molecule has 9 heteroatoms. The van der Waals surface area contributed by atoms with E-state index in [9.17, 15) is 4.21 Å². The number of nitrogens with zero attached hydrogens (tertiary/aromatic N) is 3. The van der Waals surface area contributed by atoms with E-state index in [0.29, 0.717) is 18.1 Å². The quantitative estimate of drug-likeness (QED) is 0.608. The van der Waals surface area contributed by atoms with E-state index in [1.807, 2.05) is 30.5 Å². The van der Waals surface area contributed by atoms with Crippen LogP contribution in [-0.4, -0.2) is 45.0 Å². The van der Waals surface area contributed by atoms with Crippen LogP contribution in [0, 0.1) is 6.92 Å². The lowest BCUT2D eigenvalue weighted by Crippen LogP contribution is -2.15. The summed E-state index contributed by atoms with van der Waals surface area (Å²) in [6, 6.07) is 5.87. The second-order valence-corrected chi connectivity index (χ2v) is 11.1. The van der Waals surface area contributed by atoms with E-state index in [1.54, 1.807) is 17.7 Å². The average Bonchev–Trinajstić information content (AvgIpc) is 3.46. The van der Waals surface area contributed by atoms with Crippen LogP contribution >= 0.6 is 11.3 Å². The topological polar surface area (TPSA) is 85.7 Å². The number of aryl methyl sites for hydroxylation is 1. The minimum Gasteiger partial charge on any atom is -0.477 e. The van der Waals surface area contributed by atoms with Crippen molar-refractivity contribution in [1.29, 1.82) is 0 Å². The summed E-state index contributed by atoms with van der Waals surface area (Å²) in [7, 11) is -2.12. The van der Waals surface area contributed by atoms with Gasteiger partial charge in [0, 0.05) is 23.3 Å². The number of hydrogen-bond acceptors (Lipinski definition) is 8. The van der Waals surface area contributed by atoms with Crippen molar-refractivity contribution < 1.29 is 13.7 Å². The molecule has 0 unspecified atom stereocenters. The minimum atomic E-state index is -2.12. The van der Waals surface area contributed by atoms with Gasteiger partial charge in [0.15, 0.2) is 5.06 Å². The Morgan fingerprint density at radius 3 is 2.97 bits per heavy atom. The molecule has 2 aromatic heterocycles. The number of aromatic nitrogens is 2. The molecule has 0 radical (unpaired) electrons. The number of anilines is 2. The molecule has 0 spiro atoms. The first-order valence-electron chi connectivity index (χ1n) is 10.2. The van der Waals surface area contributed by atoms with Gasteiger partial charge in [0.25, 0.3) is 0 Å². The maximum atomic E-state index is 12.8. The van der Waals surface area contributed by atoms with Crippen molar-refractivity contribution in [1.82, 2.24) is 9.97 Å². The highest BCUT2D eigenvalue weighted by molar-refractivity contribution is 7.93. The summed E-state index contributed by atoms with van der Waals surface area (Å²) < 4.78 is 28.9. The summed E-state index contributed by atoms with van der Waals surface area (Å²) >= 11 is 1.55. The standard InChI is InChI=1S/C21H24N4O3S2/c1-14-10-15(25-30(26)8-2-3-9-30)11-18-19(14)20(23-13-22-18)24-17-5-7-29-21(17)28-16-4-6-27-12-16/h5,7,10-11,13,16H,2-4,6,8-9,12H2,1H3,(H,22,23,24)/t16-/m1/s1. The molecule has 2 fully saturated rings. The molecule has 1 N–H and O–H groups in total. The molecule has 0 saturated carbocycles. The number of fused-ring (bicyclic) bond motifs is 1. The second-order valence-electron chi connectivity index (χ2n) is 7.71. The molecule has 5 rings (SSSR count). The molecule has 4 heterocycles. The van der Waals surface area contributed by atoms with E-state index in [4.69, 9.17) is 9.47 Å². The summed E-state index contributed by atoms with van der Waals surface area (Å²) in [6.45, 7) is 3.38. The Morgan fingerprint density at radius 1 is 1.30 bits per heavy atom. The number of thiophene rings is 1. The zero-order valence-corrected chi connectivity index (χ0v) is 18.4. The molecular weight excluding hydrogens is 420 g/mol. The van der Waals surface area contributed by atoms with Gasteiger partial charge in [0.2, 0.25) is 0 Å². The van der Waals surface area contributed by atoms with Crippen LogP contribution in [-0.2, 0) is 14.5 Å². The third-order valence-corrected chi connectivity index (χ3v) is 8.61. The summed E-state index contributed by atoms with van der Waals surface area (Å²) in [6.07, 6.45) is 4.52. The van der Waals surface area contributed by atoms with Crippen LogP contribution in [0.2, 0.25) is 0 Å². The highest BCUT2D eigenvalue weighted by Gasteiger charge is 2.20. The average molecular weight is 445 g/mol. The lowest BCUT2D eigenvalue weighted by Gasteiger charge is -2.14. The highest BCUT2D eigenvalue weighted by Crippen LogP contribution is 2.37. The van der Waals surface area contributed by atoms with E-state index >= 15 is 0 Å². The van der Waals surface area contributed by atoms with Crippen LogP contribution in [0.5, 0.6) is 5.06 Å². The van der Waals surface area contributed by atoms with Gasteiger partial charge in [-0.05, 0) is 48.9 Å². The Balaban J connectivity index is 1.47. The first-order valence-corrected chi connectivity index (χ1v) is 12.9. The fraction of sp³-hybridized carbons (Fsp3) is 0.429.